The van der Waals surface area contributed by atoms with Gasteiger partial charge >= 0.3 is 0 Å². The van der Waals surface area contributed by atoms with Gasteiger partial charge in [-0.25, -0.2) is 0 Å². The summed E-state index contributed by atoms with van der Waals surface area (Å²) in [6.45, 7) is 11.3. The Balaban J connectivity index is 3.64. The Morgan fingerprint density at radius 3 is 2.45 bits per heavy atom. The second kappa shape index (κ2) is 4.52. The molecule has 66 valence electrons. The molecule has 2 nitrogen and oxygen atoms in total. The van der Waals surface area contributed by atoms with E-state index in [-0.39, 0.29) is 5.60 Å². The highest BCUT2D eigenvalue weighted by Gasteiger charge is 2.17. The Morgan fingerprint density at radius 1 is 1.55 bits per heavy atom. The number of hydrogen-bond donors (Lipinski definition) is 1. The quantitative estimate of drug-likeness (QED) is 0.487. The van der Waals surface area contributed by atoms with Crippen molar-refractivity contribution in [3.63, 3.8) is 0 Å². The summed E-state index contributed by atoms with van der Waals surface area (Å²) in [5, 5.41) is 0. The van der Waals surface area contributed by atoms with Crippen molar-refractivity contribution in [2.24, 2.45) is 5.73 Å². The molecule has 2 heteroatoms. The fourth-order valence-electron chi connectivity index (χ4n) is 0.534. The summed E-state index contributed by atoms with van der Waals surface area (Å²) in [6.07, 6.45) is 0.913. The first kappa shape index (κ1) is 10.7. The Hall–Kier alpha value is -0.340. The van der Waals surface area contributed by atoms with Crippen molar-refractivity contribution in [1.82, 2.24) is 0 Å². The molecule has 0 radical (unpaired) electrons. The fourth-order valence-corrected chi connectivity index (χ4v) is 0.534. The van der Waals surface area contributed by atoms with Crippen LogP contribution in [-0.4, -0.2) is 18.8 Å². The zero-order valence-corrected chi connectivity index (χ0v) is 7.81. The Labute approximate surface area is 69.4 Å². The van der Waals surface area contributed by atoms with Gasteiger partial charge in [0, 0.05) is 6.61 Å². The van der Waals surface area contributed by atoms with Crippen molar-refractivity contribution in [2.45, 2.75) is 32.8 Å². The van der Waals surface area contributed by atoms with E-state index in [0.717, 1.165) is 18.6 Å². The molecule has 0 saturated carbocycles. The molecule has 0 aromatic carbocycles. The molecule has 0 unspecified atom stereocenters. The second-order valence-corrected chi connectivity index (χ2v) is 3.28. The van der Waals surface area contributed by atoms with Gasteiger partial charge in [-0.2, -0.15) is 0 Å². The standard InChI is InChI=1S/C9H19NO/c1-8(2)9(3,4)11-7-5-6-10/h1,5-7,10H2,2-4H3. The molecule has 0 heterocycles. The SMILES string of the molecule is C=C(C)C(C)(C)OCCCN. The van der Waals surface area contributed by atoms with Gasteiger partial charge in [-0.05, 0) is 39.3 Å². The van der Waals surface area contributed by atoms with E-state index in [1.54, 1.807) is 0 Å². The fraction of sp³-hybridized carbons (Fsp3) is 0.778. The minimum absolute atomic E-state index is 0.199. The lowest BCUT2D eigenvalue weighted by Gasteiger charge is -2.25. The third kappa shape index (κ3) is 4.17. The average molecular weight is 157 g/mol. The Kier molecular flexibility index (Phi) is 4.38. The third-order valence-electron chi connectivity index (χ3n) is 1.84. The van der Waals surface area contributed by atoms with Crippen LogP contribution < -0.4 is 5.73 Å². The summed E-state index contributed by atoms with van der Waals surface area (Å²) < 4.78 is 5.55. The van der Waals surface area contributed by atoms with Crippen LogP contribution in [0, 0.1) is 0 Å². The number of ether oxygens (including phenoxy) is 1. The van der Waals surface area contributed by atoms with Crippen LogP contribution in [0.1, 0.15) is 27.2 Å². The Morgan fingerprint density at radius 2 is 2.09 bits per heavy atom. The summed E-state index contributed by atoms with van der Waals surface area (Å²) in [5.74, 6) is 0. The molecule has 0 aliphatic carbocycles. The lowest BCUT2D eigenvalue weighted by molar-refractivity contribution is 0.0107. The van der Waals surface area contributed by atoms with Crippen molar-refractivity contribution in [2.75, 3.05) is 13.2 Å². The third-order valence-corrected chi connectivity index (χ3v) is 1.84. The minimum Gasteiger partial charge on any atom is -0.371 e. The molecular formula is C9H19NO. The molecule has 0 aliphatic rings. The van der Waals surface area contributed by atoms with Gasteiger partial charge in [0.15, 0.2) is 0 Å². The number of hydrogen-bond acceptors (Lipinski definition) is 2. The van der Waals surface area contributed by atoms with E-state index in [0.29, 0.717) is 6.54 Å². The summed E-state index contributed by atoms with van der Waals surface area (Å²) in [4.78, 5) is 0. The summed E-state index contributed by atoms with van der Waals surface area (Å²) in [5.41, 5.74) is 6.18. The van der Waals surface area contributed by atoms with Crippen LogP contribution in [-0.2, 0) is 4.74 Å². The number of nitrogens with two attached hydrogens (primary N) is 1. The predicted molar refractivity (Wildman–Crippen MR) is 48.5 cm³/mol. The lowest BCUT2D eigenvalue weighted by atomic mass is 10.0. The van der Waals surface area contributed by atoms with Gasteiger partial charge in [0.05, 0.1) is 5.60 Å². The highest BCUT2D eigenvalue weighted by Crippen LogP contribution is 2.17. The molecule has 0 aromatic rings. The molecule has 2 N–H and O–H groups in total. The van der Waals surface area contributed by atoms with Crippen LogP contribution in [0.3, 0.4) is 0 Å². The predicted octanol–water partition coefficient (Wildman–Crippen LogP) is 1.71. The molecule has 0 aliphatic heterocycles. The van der Waals surface area contributed by atoms with Gasteiger partial charge in [0.1, 0.15) is 0 Å². The van der Waals surface area contributed by atoms with Crippen LogP contribution in [0.15, 0.2) is 12.2 Å². The van der Waals surface area contributed by atoms with Crippen molar-refractivity contribution in [3.05, 3.63) is 12.2 Å². The van der Waals surface area contributed by atoms with Crippen LogP contribution >= 0.6 is 0 Å². The summed E-state index contributed by atoms with van der Waals surface area (Å²) in [7, 11) is 0. The summed E-state index contributed by atoms with van der Waals surface area (Å²) >= 11 is 0. The second-order valence-electron chi connectivity index (χ2n) is 3.28. The van der Waals surface area contributed by atoms with Gasteiger partial charge in [-0.1, -0.05) is 6.58 Å². The van der Waals surface area contributed by atoms with E-state index in [9.17, 15) is 0 Å². The highest BCUT2D eigenvalue weighted by molar-refractivity contribution is 5.05. The first-order valence-corrected chi connectivity index (χ1v) is 4.00. The zero-order chi connectivity index (χ0) is 8.91. The molecule has 0 bridgehead atoms. The van der Waals surface area contributed by atoms with Gasteiger partial charge in [0.25, 0.3) is 0 Å². The van der Waals surface area contributed by atoms with E-state index in [2.05, 4.69) is 6.58 Å². The van der Waals surface area contributed by atoms with Crippen molar-refractivity contribution >= 4 is 0 Å². The van der Waals surface area contributed by atoms with Gasteiger partial charge < -0.3 is 10.5 Å². The van der Waals surface area contributed by atoms with Gasteiger partial charge in [-0.15, -0.1) is 0 Å². The molecule has 0 amide bonds. The molecular weight excluding hydrogens is 138 g/mol. The molecule has 11 heavy (non-hydrogen) atoms. The first-order valence-electron chi connectivity index (χ1n) is 4.00. The Bertz CT molecular complexity index is 130. The minimum atomic E-state index is -0.199. The van der Waals surface area contributed by atoms with E-state index in [4.69, 9.17) is 10.5 Å². The molecule has 0 atom stereocenters. The first-order chi connectivity index (χ1) is 5.00. The molecule has 0 saturated heterocycles. The molecule has 0 spiro atoms. The van der Waals surface area contributed by atoms with E-state index < -0.39 is 0 Å². The molecule has 0 rings (SSSR count). The number of rotatable bonds is 5. The van der Waals surface area contributed by atoms with Gasteiger partial charge in [-0.3, -0.25) is 0 Å². The summed E-state index contributed by atoms with van der Waals surface area (Å²) in [6, 6.07) is 0. The zero-order valence-electron chi connectivity index (χ0n) is 7.81. The van der Waals surface area contributed by atoms with Crippen molar-refractivity contribution in [1.29, 1.82) is 0 Å². The maximum Gasteiger partial charge on any atom is 0.0830 e. The molecule has 0 fully saturated rings. The van der Waals surface area contributed by atoms with E-state index in [1.165, 1.54) is 0 Å². The maximum atomic E-state index is 5.55. The van der Waals surface area contributed by atoms with Crippen molar-refractivity contribution < 1.29 is 4.74 Å². The van der Waals surface area contributed by atoms with Crippen LogP contribution in [0.5, 0.6) is 0 Å². The van der Waals surface area contributed by atoms with Crippen LogP contribution in [0.4, 0.5) is 0 Å². The monoisotopic (exact) mass is 157 g/mol. The topological polar surface area (TPSA) is 35.2 Å². The van der Waals surface area contributed by atoms with Crippen LogP contribution in [0.2, 0.25) is 0 Å². The maximum absolute atomic E-state index is 5.55. The normalized spacial score (nSPS) is 11.6. The van der Waals surface area contributed by atoms with Gasteiger partial charge in [0.2, 0.25) is 0 Å². The molecule has 0 aromatic heterocycles. The smallest absolute Gasteiger partial charge is 0.0830 e. The van der Waals surface area contributed by atoms with E-state index in [1.807, 2.05) is 20.8 Å². The highest BCUT2D eigenvalue weighted by atomic mass is 16.5. The lowest BCUT2D eigenvalue weighted by Crippen LogP contribution is -2.26. The van der Waals surface area contributed by atoms with Crippen molar-refractivity contribution in [3.8, 4) is 0 Å². The average Bonchev–Trinajstić information content (AvgIpc) is 1.88. The largest absolute Gasteiger partial charge is 0.371 e. The van der Waals surface area contributed by atoms with Crippen LogP contribution in [0.25, 0.3) is 0 Å². The van der Waals surface area contributed by atoms with E-state index >= 15 is 0 Å².